The van der Waals surface area contributed by atoms with E-state index in [0.717, 1.165) is 5.56 Å². The van der Waals surface area contributed by atoms with Crippen molar-refractivity contribution in [3.63, 3.8) is 0 Å². The molecule has 0 radical (unpaired) electrons. The Balaban J connectivity index is 1.75. The molecule has 0 saturated heterocycles. The molecule has 0 atom stereocenters. The van der Waals surface area contributed by atoms with E-state index in [9.17, 15) is 9.18 Å². The molecule has 5 heteroatoms. The van der Waals surface area contributed by atoms with Gasteiger partial charge in [0.25, 0.3) is 5.91 Å². The van der Waals surface area contributed by atoms with Crippen LogP contribution in [0.1, 0.15) is 11.1 Å². The van der Waals surface area contributed by atoms with Crippen LogP contribution in [0.5, 0.6) is 5.75 Å². The Bertz CT molecular complexity index is 695. The van der Waals surface area contributed by atoms with Crippen LogP contribution in [0.15, 0.2) is 48.5 Å². The monoisotopic (exact) mass is 298 g/mol. The predicted octanol–water partition coefficient (Wildman–Crippen LogP) is 2.44. The van der Waals surface area contributed by atoms with E-state index >= 15 is 0 Å². The first-order valence-electron chi connectivity index (χ1n) is 6.82. The lowest BCUT2D eigenvalue weighted by molar-refractivity contribution is -0.123. The quantitative estimate of drug-likeness (QED) is 0.891. The van der Waals surface area contributed by atoms with Crippen LogP contribution in [-0.4, -0.2) is 19.1 Å². The molecule has 2 aromatic carbocycles. The molecule has 0 aliphatic rings. The maximum absolute atomic E-state index is 13.0. The van der Waals surface area contributed by atoms with E-state index in [1.165, 1.54) is 12.1 Å². The Morgan fingerprint density at radius 3 is 2.82 bits per heavy atom. The molecule has 1 N–H and O–H groups in total. The number of carbonyl (C=O) groups is 1. The molecule has 2 rings (SSSR count). The zero-order valence-corrected chi connectivity index (χ0v) is 11.9. The maximum atomic E-state index is 13.0. The molecule has 0 aromatic heterocycles. The Morgan fingerprint density at radius 1 is 1.23 bits per heavy atom. The predicted molar refractivity (Wildman–Crippen MR) is 79.8 cm³/mol. The third-order valence-electron chi connectivity index (χ3n) is 2.99. The summed E-state index contributed by atoms with van der Waals surface area (Å²) in [5.74, 6) is -0.199. The number of amides is 1. The SMILES string of the molecule is N#Cc1ccccc1OCC(=O)NCCc1cccc(F)c1. The molecule has 0 aliphatic heterocycles. The molecular weight excluding hydrogens is 283 g/mol. The van der Waals surface area contributed by atoms with Gasteiger partial charge in [-0.15, -0.1) is 0 Å². The lowest BCUT2D eigenvalue weighted by Crippen LogP contribution is -2.30. The number of nitrogens with zero attached hydrogens (tertiary/aromatic N) is 1. The van der Waals surface area contributed by atoms with Crippen LogP contribution < -0.4 is 10.1 Å². The lowest BCUT2D eigenvalue weighted by atomic mass is 10.1. The second-order valence-electron chi connectivity index (χ2n) is 4.63. The van der Waals surface area contributed by atoms with Gasteiger partial charge in [-0.1, -0.05) is 24.3 Å². The van der Waals surface area contributed by atoms with Crippen LogP contribution in [0.4, 0.5) is 4.39 Å². The first-order valence-corrected chi connectivity index (χ1v) is 6.82. The molecule has 4 nitrogen and oxygen atoms in total. The highest BCUT2D eigenvalue weighted by atomic mass is 19.1. The minimum Gasteiger partial charge on any atom is -0.482 e. The topological polar surface area (TPSA) is 62.1 Å². The van der Waals surface area contributed by atoms with Crippen LogP contribution in [0.2, 0.25) is 0 Å². The van der Waals surface area contributed by atoms with E-state index < -0.39 is 0 Å². The molecule has 2 aromatic rings. The van der Waals surface area contributed by atoms with Gasteiger partial charge in [0.1, 0.15) is 17.6 Å². The Morgan fingerprint density at radius 2 is 2.05 bits per heavy atom. The molecule has 112 valence electrons. The molecular formula is C17H15FN2O2. The van der Waals surface area contributed by atoms with Crippen molar-refractivity contribution < 1.29 is 13.9 Å². The fourth-order valence-corrected chi connectivity index (χ4v) is 1.92. The third-order valence-corrected chi connectivity index (χ3v) is 2.99. The van der Waals surface area contributed by atoms with E-state index in [-0.39, 0.29) is 18.3 Å². The highest BCUT2D eigenvalue weighted by Gasteiger charge is 2.06. The summed E-state index contributed by atoms with van der Waals surface area (Å²) < 4.78 is 18.3. The molecule has 0 heterocycles. The van der Waals surface area contributed by atoms with Crippen molar-refractivity contribution in [1.82, 2.24) is 5.32 Å². The summed E-state index contributed by atoms with van der Waals surface area (Å²) in [4.78, 5) is 11.7. The molecule has 0 unspecified atom stereocenters. The van der Waals surface area contributed by atoms with Gasteiger partial charge in [0, 0.05) is 6.54 Å². The Labute approximate surface area is 128 Å². The second kappa shape index (κ2) is 7.79. The standard InChI is InChI=1S/C17H15FN2O2/c18-15-6-3-4-13(10-15)8-9-20-17(21)12-22-16-7-2-1-5-14(16)11-19/h1-7,10H,8-9,12H2,(H,20,21). The molecule has 0 fully saturated rings. The number of hydrogen-bond acceptors (Lipinski definition) is 3. The number of nitrogens with one attached hydrogen (secondary N) is 1. The fourth-order valence-electron chi connectivity index (χ4n) is 1.92. The minimum atomic E-state index is -0.291. The van der Waals surface area contributed by atoms with Gasteiger partial charge in [-0.2, -0.15) is 5.26 Å². The average Bonchev–Trinajstić information content (AvgIpc) is 2.53. The van der Waals surface area contributed by atoms with Gasteiger partial charge in [-0.25, -0.2) is 4.39 Å². The van der Waals surface area contributed by atoms with Gasteiger partial charge in [-0.3, -0.25) is 4.79 Å². The molecule has 0 saturated carbocycles. The van der Waals surface area contributed by atoms with E-state index in [2.05, 4.69) is 5.32 Å². The van der Waals surface area contributed by atoms with E-state index in [4.69, 9.17) is 10.00 Å². The fraction of sp³-hybridized carbons (Fsp3) is 0.176. The number of carbonyl (C=O) groups excluding carboxylic acids is 1. The summed E-state index contributed by atoms with van der Waals surface area (Å²) >= 11 is 0. The van der Waals surface area contributed by atoms with Crippen molar-refractivity contribution in [1.29, 1.82) is 5.26 Å². The summed E-state index contributed by atoms with van der Waals surface area (Å²) in [6, 6.07) is 15.0. The summed E-state index contributed by atoms with van der Waals surface area (Å²) in [5, 5.41) is 11.6. The number of nitriles is 1. The summed E-state index contributed by atoms with van der Waals surface area (Å²) in [7, 11) is 0. The smallest absolute Gasteiger partial charge is 0.257 e. The number of para-hydroxylation sites is 1. The van der Waals surface area contributed by atoms with Crippen LogP contribution in [-0.2, 0) is 11.2 Å². The van der Waals surface area contributed by atoms with Crippen LogP contribution >= 0.6 is 0 Å². The Kier molecular flexibility index (Phi) is 5.50. The van der Waals surface area contributed by atoms with E-state index in [1.807, 2.05) is 6.07 Å². The van der Waals surface area contributed by atoms with Crippen LogP contribution in [0.25, 0.3) is 0 Å². The molecule has 1 amide bonds. The van der Waals surface area contributed by atoms with Crippen LogP contribution in [0, 0.1) is 17.1 Å². The molecule has 0 spiro atoms. The highest BCUT2D eigenvalue weighted by Crippen LogP contribution is 2.16. The van der Waals surface area contributed by atoms with Crippen molar-refractivity contribution in [2.24, 2.45) is 0 Å². The zero-order chi connectivity index (χ0) is 15.8. The van der Waals surface area contributed by atoms with Crippen molar-refractivity contribution >= 4 is 5.91 Å². The van der Waals surface area contributed by atoms with Crippen molar-refractivity contribution in [3.8, 4) is 11.8 Å². The van der Waals surface area contributed by atoms with E-state index in [1.54, 1.807) is 36.4 Å². The van der Waals surface area contributed by atoms with Crippen molar-refractivity contribution in [2.45, 2.75) is 6.42 Å². The first-order chi connectivity index (χ1) is 10.7. The second-order valence-corrected chi connectivity index (χ2v) is 4.63. The third kappa shape index (κ3) is 4.60. The van der Waals surface area contributed by atoms with Gasteiger partial charge < -0.3 is 10.1 Å². The Hall–Kier alpha value is -2.87. The number of hydrogen-bond donors (Lipinski definition) is 1. The minimum absolute atomic E-state index is 0.165. The number of ether oxygens (including phenoxy) is 1. The van der Waals surface area contributed by atoms with Gasteiger partial charge in [0.2, 0.25) is 0 Å². The first kappa shape index (κ1) is 15.5. The zero-order valence-electron chi connectivity index (χ0n) is 11.9. The lowest BCUT2D eigenvalue weighted by Gasteiger charge is -2.08. The van der Waals surface area contributed by atoms with Gasteiger partial charge in [0.15, 0.2) is 6.61 Å². The highest BCUT2D eigenvalue weighted by molar-refractivity contribution is 5.77. The number of rotatable bonds is 6. The van der Waals surface area contributed by atoms with E-state index in [0.29, 0.717) is 24.3 Å². The molecule has 0 bridgehead atoms. The van der Waals surface area contributed by atoms with Gasteiger partial charge in [0.05, 0.1) is 5.56 Å². The summed E-state index contributed by atoms with van der Waals surface area (Å²) in [6.07, 6.45) is 0.540. The maximum Gasteiger partial charge on any atom is 0.257 e. The largest absolute Gasteiger partial charge is 0.482 e. The van der Waals surface area contributed by atoms with Crippen molar-refractivity contribution in [3.05, 3.63) is 65.5 Å². The number of benzene rings is 2. The normalized spacial score (nSPS) is 9.82. The average molecular weight is 298 g/mol. The van der Waals surface area contributed by atoms with Gasteiger partial charge in [-0.05, 0) is 36.2 Å². The molecule has 22 heavy (non-hydrogen) atoms. The van der Waals surface area contributed by atoms with Crippen molar-refractivity contribution in [2.75, 3.05) is 13.2 Å². The molecule has 0 aliphatic carbocycles. The summed E-state index contributed by atoms with van der Waals surface area (Å²) in [6.45, 7) is 0.230. The van der Waals surface area contributed by atoms with Gasteiger partial charge >= 0.3 is 0 Å². The van der Waals surface area contributed by atoms with Crippen LogP contribution in [0.3, 0.4) is 0 Å². The summed E-state index contributed by atoms with van der Waals surface area (Å²) in [5.41, 5.74) is 1.20. The number of halogens is 1.